The fourth-order valence-corrected chi connectivity index (χ4v) is 7.48. The first-order chi connectivity index (χ1) is 23.9. The predicted octanol–water partition coefficient (Wildman–Crippen LogP) is 6.61. The van der Waals surface area contributed by atoms with Gasteiger partial charge in [-0.05, 0) is 54.5 Å². The molecule has 0 fully saturated rings. The van der Waals surface area contributed by atoms with Crippen LogP contribution in [0.15, 0.2) is 119 Å². The smallest absolute Gasteiger partial charge is 0.338 e. The fraction of sp³-hybridized carbons (Fsp3) is 0.154. The van der Waals surface area contributed by atoms with Crippen LogP contribution < -0.4 is 24.4 Å². The summed E-state index contributed by atoms with van der Waals surface area (Å²) < 4.78 is 21.0. The average molecular weight is 690 g/mol. The Morgan fingerprint density at radius 3 is 2.47 bits per heavy atom. The van der Waals surface area contributed by atoms with Crippen LogP contribution in [0.3, 0.4) is 0 Å². The molecule has 3 heterocycles. The van der Waals surface area contributed by atoms with Crippen LogP contribution in [0.2, 0.25) is 5.02 Å². The van der Waals surface area contributed by atoms with Crippen LogP contribution in [-0.4, -0.2) is 35.9 Å². The fourth-order valence-electron chi connectivity index (χ4n) is 6.27. The number of rotatable bonds is 9. The summed E-state index contributed by atoms with van der Waals surface area (Å²) in [5.74, 6) is 0.442. The second kappa shape index (κ2) is 13.6. The lowest BCUT2D eigenvalue weighted by Gasteiger charge is -2.26. The van der Waals surface area contributed by atoms with Gasteiger partial charge in [0, 0.05) is 39.8 Å². The van der Waals surface area contributed by atoms with Crippen LogP contribution in [0.1, 0.15) is 35.2 Å². The lowest BCUT2D eigenvalue weighted by Crippen LogP contribution is -2.40. The second-order valence-electron chi connectivity index (χ2n) is 11.4. The van der Waals surface area contributed by atoms with Crippen LogP contribution in [0.5, 0.6) is 11.5 Å². The highest BCUT2D eigenvalue weighted by molar-refractivity contribution is 7.07. The standard InChI is InChI=1S/C39H32ClN3O5S/c1-4-48-38(45)34-35(25-12-6-5-7-13-25)41-39-43(36(34)26-17-18-31(46-2)32(20-26)47-3)37(44)33(49-39)21-27-23-42(30-16-9-8-15-29(27)30)22-24-11-10-14-28(40)19-24/h5-21,23,36H,4,22H2,1-3H3/b33-21-/t36-/m0/s1. The third-order valence-corrected chi connectivity index (χ3v) is 9.66. The number of methoxy groups -OCH3 is 2. The quantitative estimate of drug-likeness (QED) is 0.160. The highest BCUT2D eigenvalue weighted by Crippen LogP contribution is 2.38. The number of ether oxygens (including phenoxy) is 3. The van der Waals surface area contributed by atoms with E-state index in [1.165, 1.54) is 11.3 Å². The topological polar surface area (TPSA) is 84.1 Å². The summed E-state index contributed by atoms with van der Waals surface area (Å²) in [4.78, 5) is 33.8. The van der Waals surface area contributed by atoms with Crippen molar-refractivity contribution in [2.24, 2.45) is 4.99 Å². The van der Waals surface area contributed by atoms with Crippen molar-refractivity contribution in [2.45, 2.75) is 19.5 Å². The Morgan fingerprint density at radius 2 is 1.71 bits per heavy atom. The molecule has 0 N–H and O–H groups in total. The normalized spacial score (nSPS) is 14.4. The Bertz CT molecular complexity index is 2430. The molecule has 0 amide bonds. The second-order valence-corrected chi connectivity index (χ2v) is 12.9. The average Bonchev–Trinajstić information content (AvgIpc) is 3.63. The Kier molecular flexibility index (Phi) is 8.95. The summed E-state index contributed by atoms with van der Waals surface area (Å²) >= 11 is 7.57. The van der Waals surface area contributed by atoms with Crippen molar-refractivity contribution >= 4 is 51.6 Å². The largest absolute Gasteiger partial charge is 0.493 e. The van der Waals surface area contributed by atoms with Gasteiger partial charge in [0.05, 0.1) is 42.7 Å². The van der Waals surface area contributed by atoms with E-state index in [9.17, 15) is 9.59 Å². The molecule has 0 radical (unpaired) electrons. The van der Waals surface area contributed by atoms with Crippen molar-refractivity contribution in [3.05, 3.63) is 156 Å². The molecule has 0 aliphatic carbocycles. The number of carbonyl (C=O) groups excluding carboxylic acids is 1. The summed E-state index contributed by atoms with van der Waals surface area (Å²) in [6, 6.07) is 29.9. The Morgan fingerprint density at radius 1 is 0.939 bits per heavy atom. The van der Waals surface area contributed by atoms with E-state index >= 15 is 0 Å². The third-order valence-electron chi connectivity index (χ3n) is 8.44. The molecule has 8 nitrogen and oxygen atoms in total. The van der Waals surface area contributed by atoms with E-state index in [0.717, 1.165) is 27.6 Å². The maximum atomic E-state index is 14.5. The van der Waals surface area contributed by atoms with E-state index in [1.54, 1.807) is 37.8 Å². The maximum Gasteiger partial charge on any atom is 0.338 e. The van der Waals surface area contributed by atoms with E-state index in [0.29, 0.717) is 43.7 Å². The molecule has 0 saturated carbocycles. The minimum Gasteiger partial charge on any atom is -0.493 e. The molecule has 2 aromatic heterocycles. The first kappa shape index (κ1) is 32.2. The van der Waals surface area contributed by atoms with Crippen molar-refractivity contribution in [3.63, 3.8) is 0 Å². The Balaban J connectivity index is 1.46. The van der Waals surface area contributed by atoms with Crippen LogP contribution in [0.4, 0.5) is 0 Å². The number of nitrogens with zero attached hydrogens (tertiary/aromatic N) is 3. The summed E-state index contributed by atoms with van der Waals surface area (Å²) in [6.07, 6.45) is 3.96. The molecule has 1 aliphatic rings. The van der Waals surface area contributed by atoms with Gasteiger partial charge in [-0.25, -0.2) is 9.79 Å². The number of hydrogen-bond acceptors (Lipinski definition) is 7. The van der Waals surface area contributed by atoms with Crippen molar-refractivity contribution in [1.29, 1.82) is 0 Å². The van der Waals surface area contributed by atoms with Gasteiger partial charge in [0.1, 0.15) is 0 Å². The van der Waals surface area contributed by atoms with Gasteiger partial charge >= 0.3 is 5.97 Å². The van der Waals surface area contributed by atoms with Crippen LogP contribution in [0, 0.1) is 0 Å². The summed E-state index contributed by atoms with van der Waals surface area (Å²) in [6.45, 7) is 2.52. The zero-order chi connectivity index (χ0) is 34.1. The number of thiazole rings is 1. The molecule has 1 aliphatic heterocycles. The molecule has 0 spiro atoms. The predicted molar refractivity (Wildman–Crippen MR) is 193 cm³/mol. The zero-order valence-corrected chi connectivity index (χ0v) is 28.6. The number of aromatic nitrogens is 2. The minimum absolute atomic E-state index is 0.159. The molecule has 0 saturated heterocycles. The molecule has 7 rings (SSSR count). The number of carbonyl (C=O) groups is 1. The van der Waals surface area contributed by atoms with Gasteiger partial charge in [-0.1, -0.05) is 89.7 Å². The first-order valence-electron chi connectivity index (χ1n) is 15.7. The third kappa shape index (κ3) is 6.07. The zero-order valence-electron chi connectivity index (χ0n) is 27.1. The van der Waals surface area contributed by atoms with E-state index in [1.807, 2.05) is 84.9 Å². The lowest BCUT2D eigenvalue weighted by molar-refractivity contribution is -0.138. The molecule has 246 valence electrons. The first-order valence-corrected chi connectivity index (χ1v) is 16.9. The van der Waals surface area contributed by atoms with Gasteiger partial charge in [-0.15, -0.1) is 0 Å². The minimum atomic E-state index is -0.850. The molecular weight excluding hydrogens is 658 g/mol. The van der Waals surface area contributed by atoms with Gasteiger partial charge in [0.25, 0.3) is 5.56 Å². The molecular formula is C39H32ClN3O5S. The highest BCUT2D eigenvalue weighted by atomic mass is 35.5. The van der Waals surface area contributed by atoms with Gasteiger partial charge in [0.15, 0.2) is 16.3 Å². The van der Waals surface area contributed by atoms with Crippen LogP contribution >= 0.6 is 22.9 Å². The van der Waals surface area contributed by atoms with Gasteiger partial charge in [0.2, 0.25) is 0 Å². The summed E-state index contributed by atoms with van der Waals surface area (Å²) in [5, 5.41) is 1.68. The molecule has 0 unspecified atom stereocenters. The molecule has 4 aromatic carbocycles. The molecule has 49 heavy (non-hydrogen) atoms. The number of para-hydroxylation sites is 1. The van der Waals surface area contributed by atoms with Crippen molar-refractivity contribution < 1.29 is 19.0 Å². The van der Waals surface area contributed by atoms with Gasteiger partial charge < -0.3 is 18.8 Å². The number of halogens is 1. The molecule has 10 heteroatoms. The van der Waals surface area contributed by atoms with Crippen LogP contribution in [0.25, 0.3) is 22.7 Å². The Hall–Kier alpha value is -5.38. The van der Waals surface area contributed by atoms with E-state index in [4.69, 9.17) is 30.8 Å². The van der Waals surface area contributed by atoms with Crippen molar-refractivity contribution in [2.75, 3.05) is 20.8 Å². The van der Waals surface area contributed by atoms with E-state index < -0.39 is 12.0 Å². The number of esters is 1. The molecule has 1 atom stereocenters. The van der Waals surface area contributed by atoms with Crippen molar-refractivity contribution in [1.82, 2.24) is 9.13 Å². The van der Waals surface area contributed by atoms with E-state index in [2.05, 4.69) is 16.8 Å². The SMILES string of the molecule is CCOC(=O)C1=C(c2ccccc2)N=c2s/c(=C\c3cn(Cc4cccc(Cl)c4)c4ccccc34)c(=O)n2[C@H]1c1ccc(OC)c(OC)c1. The number of fused-ring (bicyclic) bond motifs is 2. The number of hydrogen-bond donors (Lipinski definition) is 0. The monoisotopic (exact) mass is 689 g/mol. The maximum absolute atomic E-state index is 14.5. The summed E-state index contributed by atoms with van der Waals surface area (Å²) in [7, 11) is 3.11. The lowest BCUT2D eigenvalue weighted by atomic mass is 9.93. The van der Waals surface area contributed by atoms with Crippen LogP contribution in [-0.2, 0) is 16.1 Å². The van der Waals surface area contributed by atoms with Gasteiger partial charge in [-0.3, -0.25) is 9.36 Å². The summed E-state index contributed by atoms with van der Waals surface area (Å²) in [5.41, 5.74) is 4.80. The molecule has 6 aromatic rings. The van der Waals surface area contributed by atoms with Gasteiger partial charge in [-0.2, -0.15) is 0 Å². The number of benzene rings is 4. The molecule has 0 bridgehead atoms. The van der Waals surface area contributed by atoms with E-state index in [-0.39, 0.29) is 17.7 Å². The van der Waals surface area contributed by atoms with Crippen molar-refractivity contribution in [3.8, 4) is 11.5 Å². The Labute approximate surface area is 291 Å². The highest BCUT2D eigenvalue weighted by Gasteiger charge is 2.35.